The summed E-state index contributed by atoms with van der Waals surface area (Å²) in [6.45, 7) is 18.1. The normalized spacial score (nSPS) is 15.9. The maximum absolute atomic E-state index is 4.13. The minimum atomic E-state index is 0.0694. The Morgan fingerprint density at radius 2 is 1.73 bits per heavy atom. The zero-order valence-corrected chi connectivity index (χ0v) is 17.3. The lowest BCUT2D eigenvalue weighted by Gasteiger charge is -2.16. The van der Waals surface area contributed by atoms with Crippen molar-refractivity contribution in [2.75, 3.05) is 13.2 Å². The second-order valence-electron chi connectivity index (χ2n) is 8.37. The lowest BCUT2D eigenvalue weighted by atomic mass is 9.90. The van der Waals surface area contributed by atoms with Gasteiger partial charge < -0.3 is 0 Å². The van der Waals surface area contributed by atoms with E-state index in [1.807, 2.05) is 0 Å². The first-order valence-corrected chi connectivity index (χ1v) is 8.84. The summed E-state index contributed by atoms with van der Waals surface area (Å²) in [4.78, 5) is 16.0. The molecule has 0 aromatic carbocycles. The van der Waals surface area contributed by atoms with Gasteiger partial charge in [-0.15, -0.1) is 5.11 Å². The van der Waals surface area contributed by atoms with Gasteiger partial charge in [-0.3, -0.25) is 9.67 Å². The highest BCUT2D eigenvalue weighted by Gasteiger charge is 2.20. The lowest BCUT2D eigenvalue weighted by Crippen LogP contribution is -2.20. The molecule has 0 spiro atoms. The van der Waals surface area contributed by atoms with Crippen LogP contribution in [0.5, 0.6) is 0 Å². The van der Waals surface area contributed by atoms with Crippen LogP contribution in [0.3, 0.4) is 0 Å². The number of nitrogens with zero attached hydrogens (tertiary/aromatic N) is 8. The maximum atomic E-state index is 4.13. The molecule has 2 aliphatic heterocycles. The SMILES string of the molecule is CC(C)(C)C1=NC=NC1.CC(C)(C)C1=NCN=N1.CC(C)n1cncn1. The third-order valence-corrected chi connectivity index (χ3v) is 3.49. The molecule has 0 fully saturated rings. The summed E-state index contributed by atoms with van der Waals surface area (Å²) in [6.07, 6.45) is 4.89. The maximum Gasteiger partial charge on any atom is 0.153 e. The van der Waals surface area contributed by atoms with E-state index in [1.165, 1.54) is 5.71 Å². The van der Waals surface area contributed by atoms with Gasteiger partial charge in [0.1, 0.15) is 19.0 Å². The van der Waals surface area contributed by atoms with Crippen LogP contribution in [0.2, 0.25) is 0 Å². The van der Waals surface area contributed by atoms with E-state index < -0.39 is 0 Å². The van der Waals surface area contributed by atoms with Gasteiger partial charge in [0.15, 0.2) is 12.5 Å². The van der Waals surface area contributed by atoms with Crippen molar-refractivity contribution in [2.45, 2.75) is 61.4 Å². The number of hydrogen-bond acceptors (Lipinski definition) is 7. The summed E-state index contributed by atoms with van der Waals surface area (Å²) in [7, 11) is 0. The van der Waals surface area contributed by atoms with E-state index in [-0.39, 0.29) is 10.8 Å². The largest absolute Gasteiger partial charge is 0.267 e. The molecule has 2 aliphatic rings. The number of azo groups is 1. The number of amidine groups is 1. The number of hydrogen-bond donors (Lipinski definition) is 0. The van der Waals surface area contributed by atoms with Gasteiger partial charge in [-0.2, -0.15) is 10.2 Å². The van der Waals surface area contributed by atoms with Crippen molar-refractivity contribution in [3.63, 3.8) is 0 Å². The van der Waals surface area contributed by atoms with Crippen LogP contribution in [0.4, 0.5) is 0 Å². The summed E-state index contributed by atoms with van der Waals surface area (Å²) in [5.41, 5.74) is 1.46. The Labute approximate surface area is 156 Å². The molecule has 0 aliphatic carbocycles. The summed E-state index contributed by atoms with van der Waals surface area (Å²) < 4.78 is 1.81. The van der Waals surface area contributed by atoms with Gasteiger partial charge in [0.2, 0.25) is 0 Å². The molecular weight excluding hydrogens is 328 g/mol. The Morgan fingerprint density at radius 3 is 1.96 bits per heavy atom. The first kappa shape index (κ1) is 21.8. The Hall–Kier alpha value is -2.25. The molecule has 0 saturated heterocycles. The zero-order valence-electron chi connectivity index (χ0n) is 17.3. The van der Waals surface area contributed by atoms with E-state index in [4.69, 9.17) is 0 Å². The molecule has 0 unspecified atom stereocenters. The van der Waals surface area contributed by atoms with Crippen LogP contribution < -0.4 is 0 Å². The second-order valence-corrected chi connectivity index (χ2v) is 8.37. The van der Waals surface area contributed by atoms with E-state index in [0.29, 0.717) is 12.7 Å². The van der Waals surface area contributed by atoms with Gasteiger partial charge >= 0.3 is 0 Å². The molecule has 0 amide bonds. The number of rotatable bonds is 1. The molecule has 3 rings (SSSR count). The Bertz CT molecular complexity index is 652. The van der Waals surface area contributed by atoms with E-state index in [1.54, 1.807) is 23.7 Å². The average Bonchev–Trinajstić information content (AvgIpc) is 3.28. The highest BCUT2D eigenvalue weighted by Crippen LogP contribution is 2.19. The topological polar surface area (TPSA) is 92.5 Å². The highest BCUT2D eigenvalue weighted by atomic mass is 15.3. The molecule has 8 nitrogen and oxygen atoms in total. The molecule has 0 N–H and O–H groups in total. The summed E-state index contributed by atoms with van der Waals surface area (Å²) in [6, 6.07) is 0.428. The van der Waals surface area contributed by atoms with Gasteiger partial charge in [-0.25, -0.2) is 15.0 Å². The van der Waals surface area contributed by atoms with Crippen molar-refractivity contribution in [3.05, 3.63) is 12.7 Å². The number of aliphatic imine (C=N–C) groups is 3. The molecule has 0 bridgehead atoms. The minimum absolute atomic E-state index is 0.0694. The van der Waals surface area contributed by atoms with Crippen molar-refractivity contribution < 1.29 is 0 Å². The van der Waals surface area contributed by atoms with Crippen molar-refractivity contribution in [2.24, 2.45) is 36.0 Å². The van der Waals surface area contributed by atoms with Gasteiger partial charge in [-0.05, 0) is 13.8 Å². The van der Waals surface area contributed by atoms with E-state index in [0.717, 1.165) is 12.4 Å². The van der Waals surface area contributed by atoms with E-state index >= 15 is 0 Å². The fourth-order valence-corrected chi connectivity index (χ4v) is 1.81. The lowest BCUT2D eigenvalue weighted by molar-refractivity contribution is 0.531. The van der Waals surface area contributed by atoms with Crippen LogP contribution in [0.15, 0.2) is 37.9 Å². The van der Waals surface area contributed by atoms with Crippen molar-refractivity contribution in [1.82, 2.24) is 14.8 Å². The van der Waals surface area contributed by atoms with Crippen molar-refractivity contribution in [1.29, 1.82) is 0 Å². The zero-order chi connectivity index (χ0) is 19.8. The van der Waals surface area contributed by atoms with Crippen LogP contribution in [0.25, 0.3) is 0 Å². The molecule has 144 valence electrons. The Kier molecular flexibility index (Phi) is 7.92. The van der Waals surface area contributed by atoms with Gasteiger partial charge in [0.25, 0.3) is 0 Å². The second kappa shape index (κ2) is 9.45. The Morgan fingerprint density at radius 1 is 1.04 bits per heavy atom. The van der Waals surface area contributed by atoms with Gasteiger partial charge in [0.05, 0.1) is 6.54 Å². The number of aromatic nitrogens is 3. The molecule has 3 heterocycles. The summed E-state index contributed by atoms with van der Waals surface area (Å²) >= 11 is 0. The molecule has 0 saturated carbocycles. The standard InChI is InChI=1S/C7H12N2.C6H11N3.C5H9N3/c1-7(2,3)6-4-8-5-9-6;1-6(2,3)5-7-4-8-9-5;1-5(2)8-4-6-3-7-8/h5H,4H2,1-3H3;4H2,1-3H3;3-5H,1-2H3. The average molecular weight is 361 g/mol. The van der Waals surface area contributed by atoms with Crippen LogP contribution in [0.1, 0.15) is 61.4 Å². The van der Waals surface area contributed by atoms with Gasteiger partial charge in [-0.1, -0.05) is 41.5 Å². The monoisotopic (exact) mass is 360 g/mol. The van der Waals surface area contributed by atoms with E-state index in [2.05, 4.69) is 90.7 Å². The molecule has 0 radical (unpaired) electrons. The van der Waals surface area contributed by atoms with Crippen LogP contribution >= 0.6 is 0 Å². The fraction of sp³-hybridized carbons (Fsp3) is 0.722. The van der Waals surface area contributed by atoms with Crippen LogP contribution in [0, 0.1) is 10.8 Å². The predicted molar refractivity (Wildman–Crippen MR) is 107 cm³/mol. The van der Waals surface area contributed by atoms with Gasteiger partial charge in [0, 0.05) is 22.6 Å². The molecular formula is C18H32N8. The molecule has 0 atom stereocenters. The third-order valence-electron chi connectivity index (χ3n) is 3.49. The Balaban J connectivity index is 0.000000195. The smallest absolute Gasteiger partial charge is 0.153 e. The first-order valence-electron chi connectivity index (χ1n) is 8.84. The molecule has 26 heavy (non-hydrogen) atoms. The quantitative estimate of drug-likeness (QED) is 0.749. The van der Waals surface area contributed by atoms with E-state index in [9.17, 15) is 0 Å². The predicted octanol–water partition coefficient (Wildman–Crippen LogP) is 4.23. The highest BCUT2D eigenvalue weighted by molar-refractivity contribution is 5.99. The molecule has 1 aromatic rings. The van der Waals surface area contributed by atoms with Crippen molar-refractivity contribution >= 4 is 17.9 Å². The van der Waals surface area contributed by atoms with Crippen LogP contribution in [-0.2, 0) is 0 Å². The van der Waals surface area contributed by atoms with Crippen molar-refractivity contribution in [3.8, 4) is 0 Å². The molecule has 1 aromatic heterocycles. The fourth-order valence-electron chi connectivity index (χ4n) is 1.81. The molecule has 8 heteroatoms. The first-order chi connectivity index (χ1) is 12.0. The van der Waals surface area contributed by atoms with Crippen LogP contribution in [-0.4, -0.2) is 45.9 Å². The summed E-state index contributed by atoms with van der Waals surface area (Å²) in [5, 5.41) is 11.6. The summed E-state index contributed by atoms with van der Waals surface area (Å²) in [5.74, 6) is 0.863. The third kappa shape index (κ3) is 7.76. The minimum Gasteiger partial charge on any atom is -0.267 e.